The van der Waals surface area contributed by atoms with Crippen molar-refractivity contribution in [3.05, 3.63) is 58.5 Å². The van der Waals surface area contributed by atoms with E-state index in [1.165, 1.54) is 18.2 Å². The van der Waals surface area contributed by atoms with Gasteiger partial charge in [0.2, 0.25) is 0 Å². The predicted octanol–water partition coefficient (Wildman–Crippen LogP) is 2.50. The second kappa shape index (κ2) is 4.69. The first-order valence-corrected chi connectivity index (χ1v) is 5.38. The molecule has 2 aromatic rings. The van der Waals surface area contributed by atoms with Crippen LogP contribution in [0.1, 0.15) is 17.2 Å². The first-order valence-electron chi connectivity index (χ1n) is 5.00. The Labute approximate surface area is 103 Å². The van der Waals surface area contributed by atoms with Gasteiger partial charge >= 0.3 is 0 Å². The van der Waals surface area contributed by atoms with Gasteiger partial charge in [-0.3, -0.25) is 0 Å². The number of rotatable bonds is 2. The van der Waals surface area contributed by atoms with Crippen LogP contribution in [0, 0.1) is 5.82 Å². The van der Waals surface area contributed by atoms with Crippen LogP contribution in [0.2, 0.25) is 5.02 Å². The Bertz CT molecular complexity index is 545. The van der Waals surface area contributed by atoms with E-state index in [-0.39, 0.29) is 0 Å². The van der Waals surface area contributed by atoms with E-state index >= 15 is 0 Å². The zero-order valence-electron chi connectivity index (χ0n) is 8.90. The lowest BCUT2D eigenvalue weighted by atomic mass is 10.00. The monoisotopic (exact) mass is 251 g/mol. The molecule has 0 amide bonds. The van der Waals surface area contributed by atoms with Crippen LogP contribution in [-0.4, -0.2) is 4.98 Å². The Morgan fingerprint density at radius 1 is 1.24 bits per heavy atom. The molecule has 17 heavy (non-hydrogen) atoms. The molecule has 0 saturated heterocycles. The average molecular weight is 252 g/mol. The number of aromatic nitrogens is 1. The first kappa shape index (κ1) is 11.8. The highest BCUT2D eigenvalue weighted by atomic mass is 35.5. The zero-order chi connectivity index (χ0) is 12.4. The highest BCUT2D eigenvalue weighted by molar-refractivity contribution is 6.30. The number of nitrogen functional groups attached to an aromatic ring is 1. The molecule has 0 aliphatic carbocycles. The van der Waals surface area contributed by atoms with Gasteiger partial charge in [0.05, 0.1) is 6.04 Å². The molecule has 1 aromatic carbocycles. The summed E-state index contributed by atoms with van der Waals surface area (Å²) in [5.74, 6) is -0.121. The summed E-state index contributed by atoms with van der Waals surface area (Å²) < 4.78 is 13.6. The minimum absolute atomic E-state index is 0.291. The fourth-order valence-corrected chi connectivity index (χ4v) is 1.79. The van der Waals surface area contributed by atoms with Crippen molar-refractivity contribution in [1.29, 1.82) is 0 Å². The number of halogens is 2. The highest BCUT2D eigenvalue weighted by Gasteiger charge is 2.16. The molecular formula is C12H11ClFN3. The lowest BCUT2D eigenvalue weighted by Crippen LogP contribution is -2.16. The van der Waals surface area contributed by atoms with E-state index in [4.69, 9.17) is 23.1 Å². The molecule has 3 nitrogen and oxygen atoms in total. The number of hydrogen-bond donors (Lipinski definition) is 2. The van der Waals surface area contributed by atoms with Crippen molar-refractivity contribution in [2.24, 2.45) is 5.73 Å². The molecule has 5 heteroatoms. The molecule has 1 atom stereocenters. The van der Waals surface area contributed by atoms with Gasteiger partial charge in [-0.25, -0.2) is 9.37 Å². The second-order valence-electron chi connectivity index (χ2n) is 3.62. The van der Waals surface area contributed by atoms with Gasteiger partial charge < -0.3 is 11.5 Å². The summed E-state index contributed by atoms with van der Waals surface area (Å²) in [5, 5.41) is 0.430. The van der Waals surface area contributed by atoms with Crippen LogP contribution in [0.4, 0.5) is 10.2 Å². The maximum Gasteiger partial charge on any atom is 0.128 e. The smallest absolute Gasteiger partial charge is 0.128 e. The zero-order valence-corrected chi connectivity index (χ0v) is 9.66. The standard InChI is InChI=1S/C12H11ClFN3/c13-7-3-4-10(14)9(6-7)11(15)8-2-1-5-17-12(8)16/h1-6,11H,15H2,(H2,16,17). The van der Waals surface area contributed by atoms with Crippen molar-refractivity contribution < 1.29 is 4.39 Å². The summed E-state index contributed by atoms with van der Waals surface area (Å²) in [6, 6.07) is 6.99. The van der Waals surface area contributed by atoms with Crippen LogP contribution < -0.4 is 11.5 Å². The lowest BCUT2D eigenvalue weighted by molar-refractivity contribution is 0.600. The molecule has 0 aliphatic rings. The number of benzene rings is 1. The molecule has 1 aromatic heterocycles. The van der Waals surface area contributed by atoms with Gasteiger partial charge in [-0.05, 0) is 24.3 Å². The molecule has 0 spiro atoms. The summed E-state index contributed by atoms with van der Waals surface area (Å²) in [6.07, 6.45) is 1.56. The van der Waals surface area contributed by atoms with Crippen molar-refractivity contribution in [2.75, 3.05) is 5.73 Å². The normalized spacial score (nSPS) is 12.4. The maximum absolute atomic E-state index is 13.6. The Morgan fingerprint density at radius 2 is 2.00 bits per heavy atom. The van der Waals surface area contributed by atoms with E-state index in [0.29, 0.717) is 22.0 Å². The fourth-order valence-electron chi connectivity index (χ4n) is 1.61. The molecule has 0 fully saturated rings. The Balaban J connectivity index is 2.47. The lowest BCUT2D eigenvalue weighted by Gasteiger charge is -2.15. The van der Waals surface area contributed by atoms with Crippen molar-refractivity contribution in [3.8, 4) is 0 Å². The van der Waals surface area contributed by atoms with Gasteiger partial charge in [0.25, 0.3) is 0 Å². The van der Waals surface area contributed by atoms with Crippen LogP contribution >= 0.6 is 11.6 Å². The number of nitrogens with zero attached hydrogens (tertiary/aromatic N) is 1. The summed E-state index contributed by atoms with van der Waals surface area (Å²) in [5.41, 5.74) is 12.5. The molecule has 4 N–H and O–H groups in total. The van der Waals surface area contributed by atoms with Gasteiger partial charge in [-0.2, -0.15) is 0 Å². The van der Waals surface area contributed by atoms with Gasteiger partial charge in [0.15, 0.2) is 0 Å². The van der Waals surface area contributed by atoms with E-state index in [1.54, 1.807) is 18.3 Å². The van der Waals surface area contributed by atoms with Crippen molar-refractivity contribution in [2.45, 2.75) is 6.04 Å². The largest absolute Gasteiger partial charge is 0.383 e. The quantitative estimate of drug-likeness (QED) is 0.862. The number of nitrogens with two attached hydrogens (primary N) is 2. The third-order valence-corrected chi connectivity index (χ3v) is 2.73. The molecule has 0 bridgehead atoms. The van der Waals surface area contributed by atoms with Crippen molar-refractivity contribution >= 4 is 17.4 Å². The van der Waals surface area contributed by atoms with Crippen LogP contribution in [0.3, 0.4) is 0 Å². The molecule has 1 heterocycles. The fraction of sp³-hybridized carbons (Fsp3) is 0.0833. The van der Waals surface area contributed by atoms with E-state index in [0.717, 1.165) is 0 Å². The average Bonchev–Trinajstić information content (AvgIpc) is 2.32. The van der Waals surface area contributed by atoms with Crippen molar-refractivity contribution in [1.82, 2.24) is 4.98 Å². The van der Waals surface area contributed by atoms with E-state index in [2.05, 4.69) is 4.98 Å². The van der Waals surface area contributed by atoms with Gasteiger partial charge in [-0.1, -0.05) is 17.7 Å². The molecule has 1 unspecified atom stereocenters. The van der Waals surface area contributed by atoms with Crippen LogP contribution in [0.15, 0.2) is 36.5 Å². The number of pyridine rings is 1. The third kappa shape index (κ3) is 2.38. The summed E-state index contributed by atoms with van der Waals surface area (Å²) in [6.45, 7) is 0. The van der Waals surface area contributed by atoms with Crippen LogP contribution in [-0.2, 0) is 0 Å². The predicted molar refractivity (Wildman–Crippen MR) is 66.1 cm³/mol. The highest BCUT2D eigenvalue weighted by Crippen LogP contribution is 2.27. The molecule has 88 valence electrons. The third-order valence-electron chi connectivity index (χ3n) is 2.50. The molecule has 0 aliphatic heterocycles. The summed E-state index contributed by atoms with van der Waals surface area (Å²) >= 11 is 5.82. The van der Waals surface area contributed by atoms with Crippen LogP contribution in [0.5, 0.6) is 0 Å². The van der Waals surface area contributed by atoms with E-state index in [9.17, 15) is 4.39 Å². The van der Waals surface area contributed by atoms with Gasteiger partial charge in [-0.15, -0.1) is 0 Å². The van der Waals surface area contributed by atoms with E-state index < -0.39 is 11.9 Å². The van der Waals surface area contributed by atoms with Gasteiger partial charge in [0, 0.05) is 22.3 Å². The minimum atomic E-state index is -0.678. The molecule has 0 saturated carbocycles. The second-order valence-corrected chi connectivity index (χ2v) is 4.06. The SMILES string of the molecule is Nc1ncccc1C(N)c1cc(Cl)ccc1F. The van der Waals surface area contributed by atoms with Crippen molar-refractivity contribution in [3.63, 3.8) is 0 Å². The topological polar surface area (TPSA) is 64.9 Å². The molecule has 2 rings (SSSR count). The molecule has 0 radical (unpaired) electrons. The maximum atomic E-state index is 13.6. The Kier molecular flexibility index (Phi) is 3.26. The van der Waals surface area contributed by atoms with E-state index in [1.807, 2.05) is 0 Å². The molecular weight excluding hydrogens is 241 g/mol. The summed E-state index contributed by atoms with van der Waals surface area (Å²) in [7, 11) is 0. The summed E-state index contributed by atoms with van der Waals surface area (Å²) in [4.78, 5) is 3.92. The Hall–Kier alpha value is -1.65. The minimum Gasteiger partial charge on any atom is -0.383 e. The Morgan fingerprint density at radius 3 is 2.71 bits per heavy atom. The number of hydrogen-bond acceptors (Lipinski definition) is 3. The first-order chi connectivity index (χ1) is 8.09. The van der Waals surface area contributed by atoms with Crippen LogP contribution in [0.25, 0.3) is 0 Å². The number of anilines is 1. The van der Waals surface area contributed by atoms with Gasteiger partial charge in [0.1, 0.15) is 11.6 Å².